The molecule has 0 unspecified atom stereocenters. The van der Waals surface area contributed by atoms with Crippen molar-refractivity contribution in [1.82, 2.24) is 4.31 Å². The van der Waals surface area contributed by atoms with Crippen molar-refractivity contribution in [3.8, 4) is 0 Å². The lowest BCUT2D eigenvalue weighted by Gasteiger charge is -2.27. The van der Waals surface area contributed by atoms with E-state index in [0.29, 0.717) is 24.3 Å². The molecule has 0 bridgehead atoms. The van der Waals surface area contributed by atoms with Gasteiger partial charge in [0.05, 0.1) is 11.0 Å². The number of hydrogen-bond acceptors (Lipinski definition) is 4. The van der Waals surface area contributed by atoms with Crippen molar-refractivity contribution in [3.05, 3.63) is 65.7 Å². The smallest absolute Gasteiger partial charge is 0.243 e. The molecule has 0 saturated heterocycles. The fraction of sp³-hybridized carbons (Fsp3) is 0.400. The van der Waals surface area contributed by atoms with E-state index in [9.17, 15) is 13.5 Å². The minimum Gasteiger partial charge on any atom is -0.390 e. The first kappa shape index (κ1) is 19.0. The maximum atomic E-state index is 13.1. The number of sulfonamides is 1. The lowest BCUT2D eigenvalue weighted by atomic mass is 10.00. The van der Waals surface area contributed by atoms with Crippen LogP contribution in [0.2, 0.25) is 0 Å². The second kappa shape index (κ2) is 7.88. The summed E-state index contributed by atoms with van der Waals surface area (Å²) in [5.41, 5.74) is 8.01. The van der Waals surface area contributed by atoms with E-state index in [1.54, 1.807) is 12.1 Å². The van der Waals surface area contributed by atoms with Gasteiger partial charge in [0.1, 0.15) is 0 Å². The van der Waals surface area contributed by atoms with Gasteiger partial charge in [0.15, 0.2) is 0 Å². The molecule has 3 rings (SSSR count). The number of aliphatic hydroxyl groups is 1. The normalized spacial score (nSPS) is 22.2. The Kier molecular flexibility index (Phi) is 5.77. The van der Waals surface area contributed by atoms with Crippen LogP contribution in [0.5, 0.6) is 0 Å². The fourth-order valence-electron chi connectivity index (χ4n) is 3.49. The molecule has 0 aromatic heterocycles. The van der Waals surface area contributed by atoms with Crippen LogP contribution in [-0.4, -0.2) is 43.1 Å². The van der Waals surface area contributed by atoms with Crippen LogP contribution in [0.25, 0.3) is 0 Å². The Morgan fingerprint density at radius 2 is 1.81 bits per heavy atom. The average molecular weight is 375 g/mol. The van der Waals surface area contributed by atoms with Crippen molar-refractivity contribution in [3.63, 3.8) is 0 Å². The average Bonchev–Trinajstić information content (AvgIpc) is 2.70. The Hall–Kier alpha value is -1.73. The molecule has 1 aliphatic rings. The van der Waals surface area contributed by atoms with Gasteiger partial charge in [-0.15, -0.1) is 0 Å². The molecule has 0 spiro atoms. The molecule has 6 heteroatoms. The minimum absolute atomic E-state index is 0.00894. The number of nitrogens with two attached hydrogens (primary N) is 1. The maximum Gasteiger partial charge on any atom is 0.243 e. The molecular weight excluding hydrogens is 348 g/mol. The topological polar surface area (TPSA) is 83.6 Å². The van der Waals surface area contributed by atoms with Gasteiger partial charge in [-0.1, -0.05) is 55.5 Å². The van der Waals surface area contributed by atoms with E-state index in [1.165, 1.54) is 4.31 Å². The largest absolute Gasteiger partial charge is 0.390 e. The summed E-state index contributed by atoms with van der Waals surface area (Å²) in [6.07, 6.45) is 0.280. The van der Waals surface area contributed by atoms with Gasteiger partial charge >= 0.3 is 0 Å². The number of aliphatic hydroxyl groups excluding tert-OH is 1. The first-order valence-corrected chi connectivity index (χ1v) is 10.4. The monoisotopic (exact) mass is 374 g/mol. The zero-order valence-corrected chi connectivity index (χ0v) is 15.8. The van der Waals surface area contributed by atoms with E-state index in [0.717, 1.165) is 11.1 Å². The van der Waals surface area contributed by atoms with E-state index in [-0.39, 0.29) is 12.5 Å². The maximum absolute atomic E-state index is 13.1. The fourth-order valence-corrected chi connectivity index (χ4v) is 5.30. The molecule has 0 amide bonds. The summed E-state index contributed by atoms with van der Waals surface area (Å²) in [6, 6.07) is 16.3. The van der Waals surface area contributed by atoms with Crippen molar-refractivity contribution in [2.45, 2.75) is 36.8 Å². The van der Waals surface area contributed by atoms with Crippen LogP contribution in [0.3, 0.4) is 0 Å². The molecule has 26 heavy (non-hydrogen) atoms. The summed E-state index contributed by atoms with van der Waals surface area (Å²) < 4.78 is 27.5. The molecule has 3 N–H and O–H groups in total. The third-order valence-corrected chi connectivity index (χ3v) is 6.81. The Labute approximate surface area is 155 Å². The molecule has 0 fully saturated rings. The number of benzene rings is 2. The number of rotatable bonds is 5. The highest BCUT2D eigenvalue weighted by molar-refractivity contribution is 7.89. The molecule has 1 heterocycles. The molecule has 0 radical (unpaired) electrons. The summed E-state index contributed by atoms with van der Waals surface area (Å²) in [7, 11) is -3.64. The molecular formula is C20H26N2O3S. The van der Waals surface area contributed by atoms with E-state index in [4.69, 9.17) is 5.73 Å². The number of β-amino-alcohol motifs (C(OH)–C–C–N with tert-alkyl or cyclic N) is 1. The highest BCUT2D eigenvalue weighted by Crippen LogP contribution is 2.28. The standard InChI is InChI=1S/C20H26N2O3S/c1-15-11-17-9-5-6-10-20(17)26(24,25)22(13-15)14-19(23)18(21)12-16-7-3-2-4-8-16/h2-10,15,18-19,23H,11-14,21H2,1H3/t15-,18-,19+/m0/s1. The van der Waals surface area contributed by atoms with Crippen molar-refractivity contribution >= 4 is 10.0 Å². The summed E-state index contributed by atoms with van der Waals surface area (Å²) in [6.45, 7) is 2.42. The second-order valence-corrected chi connectivity index (χ2v) is 9.07. The number of hydrogen-bond donors (Lipinski definition) is 2. The molecule has 140 valence electrons. The van der Waals surface area contributed by atoms with Crippen LogP contribution in [0.15, 0.2) is 59.5 Å². The molecule has 2 aromatic carbocycles. The molecule has 1 aliphatic heterocycles. The third kappa shape index (κ3) is 4.15. The zero-order chi connectivity index (χ0) is 18.7. The van der Waals surface area contributed by atoms with Gasteiger partial charge in [0, 0.05) is 19.1 Å². The molecule has 0 aliphatic carbocycles. The van der Waals surface area contributed by atoms with Gasteiger partial charge in [-0.2, -0.15) is 4.31 Å². The zero-order valence-electron chi connectivity index (χ0n) is 15.0. The van der Waals surface area contributed by atoms with Crippen LogP contribution in [-0.2, 0) is 22.9 Å². The van der Waals surface area contributed by atoms with Crippen molar-refractivity contribution in [2.24, 2.45) is 11.7 Å². The van der Waals surface area contributed by atoms with Gasteiger partial charge in [-0.3, -0.25) is 0 Å². The van der Waals surface area contributed by atoms with Crippen LogP contribution < -0.4 is 5.73 Å². The predicted octanol–water partition coefficient (Wildman–Crippen LogP) is 1.80. The van der Waals surface area contributed by atoms with Crippen LogP contribution in [0, 0.1) is 5.92 Å². The molecule has 5 nitrogen and oxygen atoms in total. The summed E-state index contributed by atoms with van der Waals surface area (Å²) in [5, 5.41) is 10.6. The van der Waals surface area contributed by atoms with Crippen LogP contribution >= 0.6 is 0 Å². The van der Waals surface area contributed by atoms with Crippen molar-refractivity contribution in [1.29, 1.82) is 0 Å². The Morgan fingerprint density at radius 1 is 1.15 bits per heavy atom. The van der Waals surface area contributed by atoms with Gasteiger partial charge < -0.3 is 10.8 Å². The lowest BCUT2D eigenvalue weighted by Crippen LogP contribution is -2.47. The first-order chi connectivity index (χ1) is 12.4. The molecule has 3 atom stereocenters. The van der Waals surface area contributed by atoms with E-state index >= 15 is 0 Å². The van der Waals surface area contributed by atoms with Crippen LogP contribution in [0.1, 0.15) is 18.1 Å². The van der Waals surface area contributed by atoms with Gasteiger partial charge in [-0.05, 0) is 36.0 Å². The highest BCUT2D eigenvalue weighted by Gasteiger charge is 2.34. The minimum atomic E-state index is -3.64. The lowest BCUT2D eigenvalue weighted by molar-refractivity contribution is 0.116. The predicted molar refractivity (Wildman–Crippen MR) is 102 cm³/mol. The summed E-state index contributed by atoms with van der Waals surface area (Å²) in [5.74, 6) is 0.172. The SMILES string of the molecule is C[C@H]1Cc2ccccc2S(=O)(=O)N(C[C@@H](O)[C@@H](N)Cc2ccccc2)C1. The van der Waals surface area contributed by atoms with Crippen LogP contribution in [0.4, 0.5) is 0 Å². The molecule has 0 saturated carbocycles. The quantitative estimate of drug-likeness (QED) is 0.836. The van der Waals surface area contributed by atoms with E-state index < -0.39 is 22.2 Å². The summed E-state index contributed by atoms with van der Waals surface area (Å²) in [4.78, 5) is 0.341. The van der Waals surface area contributed by atoms with E-state index in [2.05, 4.69) is 0 Å². The Bertz CT molecular complexity index is 839. The first-order valence-electron chi connectivity index (χ1n) is 8.93. The Balaban J connectivity index is 1.77. The Morgan fingerprint density at radius 3 is 2.54 bits per heavy atom. The van der Waals surface area contributed by atoms with Gasteiger partial charge in [0.2, 0.25) is 10.0 Å². The molecule has 2 aromatic rings. The van der Waals surface area contributed by atoms with E-state index in [1.807, 2.05) is 49.4 Å². The van der Waals surface area contributed by atoms with Gasteiger partial charge in [0.25, 0.3) is 0 Å². The highest BCUT2D eigenvalue weighted by atomic mass is 32.2. The summed E-state index contributed by atoms with van der Waals surface area (Å²) >= 11 is 0. The number of fused-ring (bicyclic) bond motifs is 1. The number of nitrogens with zero attached hydrogens (tertiary/aromatic N) is 1. The van der Waals surface area contributed by atoms with Gasteiger partial charge in [-0.25, -0.2) is 8.42 Å². The third-order valence-electron chi connectivity index (χ3n) is 4.87. The second-order valence-electron chi connectivity index (χ2n) is 7.16. The van der Waals surface area contributed by atoms with Crippen molar-refractivity contribution in [2.75, 3.05) is 13.1 Å². The van der Waals surface area contributed by atoms with Crippen molar-refractivity contribution < 1.29 is 13.5 Å².